The van der Waals surface area contributed by atoms with Crippen LogP contribution in [0.15, 0.2) is 0 Å². The molecule has 0 unspecified atom stereocenters. The van der Waals surface area contributed by atoms with Gasteiger partial charge in [0.15, 0.2) is 0 Å². The standard InChI is InChI=1S/C11H24N2O/c1-9(14)10(12)7-5-6-8-13-11(2,3)4/h10,13H,5-8,12H2,1-4H3/t10-/m0/s1. The summed E-state index contributed by atoms with van der Waals surface area (Å²) in [5.41, 5.74) is 5.80. The largest absolute Gasteiger partial charge is 0.322 e. The molecule has 0 aromatic carbocycles. The first-order valence-corrected chi connectivity index (χ1v) is 5.34. The van der Waals surface area contributed by atoms with Crippen LogP contribution in [0.5, 0.6) is 0 Å². The van der Waals surface area contributed by atoms with Crippen molar-refractivity contribution in [2.75, 3.05) is 6.54 Å². The minimum atomic E-state index is -0.260. The fourth-order valence-corrected chi connectivity index (χ4v) is 1.16. The van der Waals surface area contributed by atoms with Gasteiger partial charge in [0, 0.05) is 5.54 Å². The lowest BCUT2D eigenvalue weighted by Crippen LogP contribution is -2.36. The summed E-state index contributed by atoms with van der Waals surface area (Å²) < 4.78 is 0. The molecule has 0 saturated heterocycles. The van der Waals surface area contributed by atoms with Gasteiger partial charge in [-0.2, -0.15) is 0 Å². The van der Waals surface area contributed by atoms with E-state index in [0.29, 0.717) is 0 Å². The summed E-state index contributed by atoms with van der Waals surface area (Å²) in [5, 5.41) is 3.40. The maximum absolute atomic E-state index is 10.8. The molecule has 0 amide bonds. The lowest BCUT2D eigenvalue weighted by atomic mass is 10.1. The number of nitrogens with one attached hydrogen (secondary N) is 1. The minimum Gasteiger partial charge on any atom is -0.322 e. The van der Waals surface area contributed by atoms with E-state index in [9.17, 15) is 4.79 Å². The number of carbonyl (C=O) groups excluding carboxylic acids is 1. The van der Waals surface area contributed by atoms with Crippen LogP contribution in [0.4, 0.5) is 0 Å². The number of Topliss-reactive ketones (excluding diaryl/α,β-unsaturated/α-hetero) is 1. The van der Waals surface area contributed by atoms with E-state index < -0.39 is 0 Å². The van der Waals surface area contributed by atoms with Crippen LogP contribution in [0.25, 0.3) is 0 Å². The molecule has 0 spiro atoms. The number of hydrogen-bond donors (Lipinski definition) is 2. The Labute approximate surface area is 87.4 Å². The molecule has 0 aromatic heterocycles. The van der Waals surface area contributed by atoms with Crippen molar-refractivity contribution in [1.82, 2.24) is 5.32 Å². The van der Waals surface area contributed by atoms with Gasteiger partial charge in [0.2, 0.25) is 0 Å². The fraction of sp³-hybridized carbons (Fsp3) is 0.909. The second-order valence-corrected chi connectivity index (χ2v) is 4.89. The third-order valence-electron chi connectivity index (χ3n) is 2.12. The fourth-order valence-electron chi connectivity index (χ4n) is 1.16. The van der Waals surface area contributed by atoms with E-state index >= 15 is 0 Å². The highest BCUT2D eigenvalue weighted by Gasteiger charge is 2.09. The van der Waals surface area contributed by atoms with Crippen LogP contribution in [0, 0.1) is 0 Å². The summed E-state index contributed by atoms with van der Waals surface area (Å²) in [6.07, 6.45) is 2.91. The molecule has 0 saturated carbocycles. The van der Waals surface area contributed by atoms with Crippen molar-refractivity contribution in [3.63, 3.8) is 0 Å². The highest BCUT2D eigenvalue weighted by molar-refractivity contribution is 5.80. The average molecular weight is 200 g/mol. The van der Waals surface area contributed by atoms with E-state index in [1.54, 1.807) is 6.92 Å². The number of rotatable bonds is 6. The summed E-state index contributed by atoms with van der Waals surface area (Å²) in [5.74, 6) is 0.0915. The molecule has 0 aliphatic carbocycles. The maximum atomic E-state index is 10.8. The van der Waals surface area contributed by atoms with Gasteiger partial charge in [-0.15, -0.1) is 0 Å². The van der Waals surface area contributed by atoms with Gasteiger partial charge in [-0.25, -0.2) is 0 Å². The number of carbonyl (C=O) groups is 1. The van der Waals surface area contributed by atoms with Crippen molar-refractivity contribution in [1.29, 1.82) is 0 Å². The molecule has 0 rings (SSSR count). The van der Waals surface area contributed by atoms with Gasteiger partial charge in [-0.05, 0) is 47.1 Å². The van der Waals surface area contributed by atoms with E-state index in [-0.39, 0.29) is 17.4 Å². The van der Waals surface area contributed by atoms with Crippen LogP contribution in [-0.2, 0) is 4.79 Å². The Kier molecular flexibility index (Phi) is 5.96. The SMILES string of the molecule is CC(=O)[C@@H](N)CCCCNC(C)(C)C. The van der Waals surface area contributed by atoms with Crippen LogP contribution < -0.4 is 11.1 Å². The lowest BCUT2D eigenvalue weighted by Gasteiger charge is -2.20. The van der Waals surface area contributed by atoms with E-state index in [1.807, 2.05) is 0 Å². The summed E-state index contributed by atoms with van der Waals surface area (Å²) >= 11 is 0. The molecule has 3 nitrogen and oxygen atoms in total. The van der Waals surface area contributed by atoms with Gasteiger partial charge >= 0.3 is 0 Å². The van der Waals surface area contributed by atoms with Gasteiger partial charge in [0.1, 0.15) is 5.78 Å². The highest BCUT2D eigenvalue weighted by atomic mass is 16.1. The van der Waals surface area contributed by atoms with Gasteiger partial charge < -0.3 is 11.1 Å². The highest BCUT2D eigenvalue weighted by Crippen LogP contribution is 2.02. The molecule has 3 heteroatoms. The number of nitrogens with two attached hydrogens (primary N) is 1. The number of unbranched alkanes of at least 4 members (excludes halogenated alkanes) is 1. The first-order chi connectivity index (χ1) is 6.33. The molecular formula is C11H24N2O. The van der Waals surface area contributed by atoms with E-state index in [4.69, 9.17) is 5.73 Å². The zero-order valence-electron chi connectivity index (χ0n) is 9.89. The van der Waals surface area contributed by atoms with E-state index in [0.717, 1.165) is 25.8 Å². The Balaban J connectivity index is 3.35. The Morgan fingerprint density at radius 2 is 1.93 bits per heavy atom. The first kappa shape index (κ1) is 13.6. The molecular weight excluding hydrogens is 176 g/mol. The van der Waals surface area contributed by atoms with Crippen LogP contribution >= 0.6 is 0 Å². The molecule has 14 heavy (non-hydrogen) atoms. The molecule has 1 atom stereocenters. The Morgan fingerprint density at radius 3 is 2.36 bits per heavy atom. The second-order valence-electron chi connectivity index (χ2n) is 4.89. The quantitative estimate of drug-likeness (QED) is 0.638. The van der Waals surface area contributed by atoms with Gasteiger partial charge in [-0.1, -0.05) is 6.42 Å². The van der Waals surface area contributed by atoms with E-state index in [1.165, 1.54) is 0 Å². The minimum absolute atomic E-state index is 0.0915. The molecule has 84 valence electrons. The molecule has 0 bridgehead atoms. The summed E-state index contributed by atoms with van der Waals surface area (Å²) in [4.78, 5) is 10.8. The van der Waals surface area contributed by atoms with Gasteiger partial charge in [0.05, 0.1) is 6.04 Å². The van der Waals surface area contributed by atoms with Crippen LogP contribution in [0.2, 0.25) is 0 Å². The van der Waals surface area contributed by atoms with Crippen LogP contribution in [0.3, 0.4) is 0 Å². The molecule has 3 N–H and O–H groups in total. The molecule has 0 heterocycles. The zero-order chi connectivity index (χ0) is 11.2. The molecule has 0 radical (unpaired) electrons. The summed E-state index contributed by atoms with van der Waals surface area (Å²) in [6.45, 7) is 8.99. The average Bonchev–Trinajstić information content (AvgIpc) is 2.01. The van der Waals surface area contributed by atoms with Gasteiger partial charge in [0.25, 0.3) is 0 Å². The second kappa shape index (κ2) is 6.14. The molecule has 0 aromatic rings. The van der Waals surface area contributed by atoms with Crippen molar-refractivity contribution in [2.45, 2.75) is 58.5 Å². The van der Waals surface area contributed by atoms with Crippen molar-refractivity contribution < 1.29 is 4.79 Å². The number of hydrogen-bond acceptors (Lipinski definition) is 3. The third-order valence-corrected chi connectivity index (χ3v) is 2.12. The summed E-state index contributed by atoms with van der Waals surface area (Å²) in [6, 6.07) is -0.260. The van der Waals surface area contributed by atoms with Crippen molar-refractivity contribution in [3.05, 3.63) is 0 Å². The monoisotopic (exact) mass is 200 g/mol. The Morgan fingerprint density at radius 1 is 1.36 bits per heavy atom. The van der Waals surface area contributed by atoms with Crippen LogP contribution in [0.1, 0.15) is 47.0 Å². The van der Waals surface area contributed by atoms with E-state index in [2.05, 4.69) is 26.1 Å². The Hall–Kier alpha value is -0.410. The van der Waals surface area contributed by atoms with Gasteiger partial charge in [-0.3, -0.25) is 4.79 Å². The molecule has 0 aliphatic rings. The smallest absolute Gasteiger partial charge is 0.146 e. The molecule has 0 aliphatic heterocycles. The maximum Gasteiger partial charge on any atom is 0.146 e. The summed E-state index contributed by atoms with van der Waals surface area (Å²) in [7, 11) is 0. The van der Waals surface area contributed by atoms with Crippen molar-refractivity contribution >= 4 is 5.78 Å². The first-order valence-electron chi connectivity index (χ1n) is 5.34. The number of ketones is 1. The predicted octanol–water partition coefficient (Wildman–Crippen LogP) is 1.46. The van der Waals surface area contributed by atoms with Crippen molar-refractivity contribution in [3.8, 4) is 0 Å². The lowest BCUT2D eigenvalue weighted by molar-refractivity contribution is -0.118. The van der Waals surface area contributed by atoms with Crippen LogP contribution in [-0.4, -0.2) is 23.9 Å². The predicted molar refractivity (Wildman–Crippen MR) is 60.3 cm³/mol. The normalized spacial score (nSPS) is 14.1. The van der Waals surface area contributed by atoms with Crippen molar-refractivity contribution in [2.24, 2.45) is 5.73 Å². The zero-order valence-corrected chi connectivity index (χ0v) is 9.89. The third kappa shape index (κ3) is 8.20. The Bertz CT molecular complexity index is 173. The topological polar surface area (TPSA) is 55.1 Å². The molecule has 0 fully saturated rings.